The fraction of sp³-hybridized carbons (Fsp3) is 0.219. The Bertz CT molecular complexity index is 1220. The van der Waals surface area contributed by atoms with E-state index in [0.717, 1.165) is 54.9 Å². The van der Waals surface area contributed by atoms with Gasteiger partial charge in [-0.3, -0.25) is 4.79 Å². The molecule has 0 spiro atoms. The van der Waals surface area contributed by atoms with Gasteiger partial charge in [0, 0.05) is 35.9 Å². The maximum Gasteiger partial charge on any atom is 0.184 e. The van der Waals surface area contributed by atoms with Crippen LogP contribution in [0.4, 0.5) is 11.4 Å². The first kappa shape index (κ1) is 22.9. The first-order chi connectivity index (χ1) is 17.2. The summed E-state index contributed by atoms with van der Waals surface area (Å²) in [4.78, 5) is 17.9. The molecule has 0 aromatic heterocycles. The molecule has 0 amide bonds. The fourth-order valence-corrected chi connectivity index (χ4v) is 5.15. The molecule has 1 fully saturated rings. The van der Waals surface area contributed by atoms with Crippen LogP contribution in [0.2, 0.25) is 0 Å². The Labute approximate surface area is 208 Å². The number of rotatable bonds is 4. The lowest BCUT2D eigenvalue weighted by Gasteiger charge is -2.29. The summed E-state index contributed by atoms with van der Waals surface area (Å²) in [5.74, 6) is 0.177. The highest BCUT2D eigenvalue weighted by atomic mass is 16.1. The molecule has 0 bridgehead atoms. The first-order valence-electron chi connectivity index (χ1n) is 12.6. The van der Waals surface area contributed by atoms with Gasteiger partial charge in [0.25, 0.3) is 0 Å². The monoisotopic (exact) mass is 460 g/mol. The van der Waals surface area contributed by atoms with E-state index in [4.69, 9.17) is 0 Å². The third kappa shape index (κ3) is 4.59. The quantitative estimate of drug-likeness (QED) is 0.442. The third-order valence-electron chi connectivity index (χ3n) is 6.96. The molecule has 5 rings (SSSR count). The van der Waals surface area contributed by atoms with Crippen LogP contribution in [0.5, 0.6) is 0 Å². The van der Waals surface area contributed by atoms with Crippen LogP contribution in [-0.4, -0.2) is 18.9 Å². The summed E-state index contributed by atoms with van der Waals surface area (Å²) >= 11 is 0. The van der Waals surface area contributed by atoms with Gasteiger partial charge in [-0.25, -0.2) is 0 Å². The molecule has 2 heterocycles. The van der Waals surface area contributed by atoms with E-state index < -0.39 is 0 Å². The second kappa shape index (κ2) is 10.2. The van der Waals surface area contributed by atoms with Crippen LogP contribution >= 0.6 is 0 Å². The van der Waals surface area contributed by atoms with Crippen LogP contribution in [0.25, 0.3) is 12.2 Å². The molecule has 0 N–H and O–H groups in total. The van der Waals surface area contributed by atoms with E-state index in [-0.39, 0.29) is 5.78 Å². The zero-order valence-corrected chi connectivity index (χ0v) is 20.6. The number of hydrogen-bond acceptors (Lipinski definition) is 3. The number of likely N-dealkylation sites (N-methyl/N-ethyl adjacent to an activating group) is 2. The van der Waals surface area contributed by atoms with Gasteiger partial charge in [0.2, 0.25) is 0 Å². The predicted molar refractivity (Wildman–Crippen MR) is 148 cm³/mol. The van der Waals surface area contributed by atoms with Gasteiger partial charge in [-0.15, -0.1) is 0 Å². The molecule has 2 aliphatic heterocycles. The van der Waals surface area contributed by atoms with Gasteiger partial charge >= 0.3 is 0 Å². The summed E-state index contributed by atoms with van der Waals surface area (Å²) in [7, 11) is 0. The molecular weight excluding hydrogens is 428 g/mol. The van der Waals surface area contributed by atoms with Gasteiger partial charge in [-0.05, 0) is 91.8 Å². The number of carbonyl (C=O) groups is 1. The molecule has 1 aliphatic carbocycles. The van der Waals surface area contributed by atoms with Crippen molar-refractivity contribution in [3.05, 3.63) is 119 Å². The Morgan fingerprint density at radius 1 is 0.657 bits per heavy atom. The Morgan fingerprint density at radius 3 is 1.57 bits per heavy atom. The predicted octanol–water partition coefficient (Wildman–Crippen LogP) is 7.47. The smallest absolute Gasteiger partial charge is 0.184 e. The molecule has 0 unspecified atom stereocenters. The number of nitrogens with zero attached hydrogens (tertiary/aromatic N) is 2. The maximum absolute atomic E-state index is 13.3. The zero-order chi connectivity index (χ0) is 24.2. The van der Waals surface area contributed by atoms with Gasteiger partial charge in [-0.2, -0.15) is 0 Å². The van der Waals surface area contributed by atoms with Crippen LogP contribution in [0.1, 0.15) is 44.2 Å². The molecule has 0 saturated heterocycles. The highest BCUT2D eigenvalue weighted by Crippen LogP contribution is 2.33. The van der Waals surface area contributed by atoms with Crippen LogP contribution in [0.3, 0.4) is 0 Å². The van der Waals surface area contributed by atoms with Crippen molar-refractivity contribution >= 4 is 29.3 Å². The summed E-state index contributed by atoms with van der Waals surface area (Å²) in [5, 5.41) is 0. The molecule has 0 radical (unpaired) electrons. The van der Waals surface area contributed by atoms with E-state index in [1.54, 1.807) is 0 Å². The molecular formula is C32H32N2O. The average molecular weight is 461 g/mol. The van der Waals surface area contributed by atoms with Crippen LogP contribution in [-0.2, 0) is 4.79 Å². The molecule has 2 aromatic carbocycles. The lowest BCUT2D eigenvalue weighted by Crippen LogP contribution is -2.23. The lowest BCUT2D eigenvalue weighted by atomic mass is 9.88. The zero-order valence-electron chi connectivity index (χ0n) is 20.6. The van der Waals surface area contributed by atoms with Crippen LogP contribution in [0.15, 0.2) is 108 Å². The Morgan fingerprint density at radius 2 is 1.11 bits per heavy atom. The van der Waals surface area contributed by atoms with E-state index in [1.807, 2.05) is 12.2 Å². The van der Waals surface area contributed by atoms with Gasteiger partial charge in [0.05, 0.1) is 0 Å². The third-order valence-corrected chi connectivity index (χ3v) is 6.96. The molecule has 2 aromatic rings. The van der Waals surface area contributed by atoms with Crippen LogP contribution in [0, 0.1) is 0 Å². The van der Waals surface area contributed by atoms with Crippen molar-refractivity contribution in [1.82, 2.24) is 0 Å². The minimum atomic E-state index is 0.177. The SMILES string of the molecule is CCN1C(=CC=C2CCCC(=CC=C3C=Cc4ccccc4N3CC)C2=O)C=Cc2ccccc21. The molecule has 35 heavy (non-hydrogen) atoms. The van der Waals surface area contributed by atoms with E-state index in [0.29, 0.717) is 0 Å². The maximum atomic E-state index is 13.3. The molecule has 0 atom stereocenters. The molecule has 3 aliphatic rings. The van der Waals surface area contributed by atoms with Gasteiger partial charge in [0.15, 0.2) is 5.78 Å². The Hall–Kier alpha value is -3.85. The first-order valence-corrected chi connectivity index (χ1v) is 12.6. The number of hydrogen-bond donors (Lipinski definition) is 0. The van der Waals surface area contributed by atoms with E-state index in [1.165, 1.54) is 22.5 Å². The number of fused-ring (bicyclic) bond motifs is 2. The van der Waals surface area contributed by atoms with Crippen LogP contribution < -0.4 is 9.80 Å². The number of carbonyl (C=O) groups excluding carboxylic acids is 1. The van der Waals surface area contributed by atoms with Crippen molar-refractivity contribution < 1.29 is 4.79 Å². The average Bonchev–Trinajstić information content (AvgIpc) is 2.91. The number of Topliss-reactive ketones (excluding diaryl/α,β-unsaturated/α-hetero) is 1. The molecule has 3 heteroatoms. The van der Waals surface area contributed by atoms with E-state index in [9.17, 15) is 4.79 Å². The second-order valence-electron chi connectivity index (χ2n) is 9.02. The highest BCUT2D eigenvalue weighted by molar-refractivity contribution is 6.09. The van der Waals surface area contributed by atoms with Gasteiger partial charge < -0.3 is 9.80 Å². The summed E-state index contributed by atoms with van der Waals surface area (Å²) in [6.07, 6.45) is 19.5. The summed E-state index contributed by atoms with van der Waals surface area (Å²) in [6, 6.07) is 16.9. The summed E-state index contributed by atoms with van der Waals surface area (Å²) < 4.78 is 0. The normalized spacial score (nSPS) is 21.8. The molecule has 176 valence electrons. The van der Waals surface area contributed by atoms with Crippen molar-refractivity contribution in [2.75, 3.05) is 22.9 Å². The minimum absolute atomic E-state index is 0.177. The van der Waals surface area contributed by atoms with Crippen molar-refractivity contribution in [3.63, 3.8) is 0 Å². The summed E-state index contributed by atoms with van der Waals surface area (Å²) in [6.45, 7) is 6.09. The number of para-hydroxylation sites is 2. The fourth-order valence-electron chi connectivity index (χ4n) is 5.15. The number of allylic oxidation sites excluding steroid dienone is 8. The molecule has 1 saturated carbocycles. The topological polar surface area (TPSA) is 23.6 Å². The number of anilines is 2. The van der Waals surface area contributed by atoms with Crippen molar-refractivity contribution in [3.8, 4) is 0 Å². The number of benzene rings is 2. The Kier molecular flexibility index (Phi) is 6.67. The van der Waals surface area contributed by atoms with Gasteiger partial charge in [0.1, 0.15) is 0 Å². The van der Waals surface area contributed by atoms with Crippen molar-refractivity contribution in [1.29, 1.82) is 0 Å². The van der Waals surface area contributed by atoms with Crippen molar-refractivity contribution in [2.24, 2.45) is 0 Å². The van der Waals surface area contributed by atoms with E-state index in [2.05, 4.69) is 109 Å². The minimum Gasteiger partial charge on any atom is -0.341 e. The second-order valence-corrected chi connectivity index (χ2v) is 9.02. The largest absolute Gasteiger partial charge is 0.341 e. The standard InChI is InChI=1S/C32H32N2O/c1-3-33-28(20-16-24-10-5-7-14-30(24)33)22-18-26-12-9-13-27(32(26)35)19-23-29-21-17-25-11-6-8-15-31(25)34(29)4-2/h5-8,10-11,14-23H,3-4,9,12-13H2,1-2H3. The summed E-state index contributed by atoms with van der Waals surface area (Å²) in [5.41, 5.74) is 8.92. The molecule has 3 nitrogen and oxygen atoms in total. The highest BCUT2D eigenvalue weighted by Gasteiger charge is 2.21. The van der Waals surface area contributed by atoms with Crippen molar-refractivity contribution in [2.45, 2.75) is 33.1 Å². The van der Waals surface area contributed by atoms with E-state index >= 15 is 0 Å². The number of ketones is 1. The Balaban J connectivity index is 1.38. The lowest BCUT2D eigenvalue weighted by molar-refractivity contribution is -0.113. The van der Waals surface area contributed by atoms with Gasteiger partial charge in [-0.1, -0.05) is 60.7 Å².